The van der Waals surface area contributed by atoms with E-state index in [1.54, 1.807) is 92.0 Å². The van der Waals surface area contributed by atoms with Gasteiger partial charge in [0.25, 0.3) is 0 Å². The summed E-state index contributed by atoms with van der Waals surface area (Å²) >= 11 is 0. The van der Waals surface area contributed by atoms with Crippen molar-refractivity contribution < 1.29 is 104 Å². The van der Waals surface area contributed by atoms with Crippen molar-refractivity contribution in [3.8, 4) is 67.5 Å². The zero-order chi connectivity index (χ0) is 101. The van der Waals surface area contributed by atoms with Crippen LogP contribution in [0.3, 0.4) is 0 Å². The van der Waals surface area contributed by atoms with E-state index in [9.17, 15) is 0 Å². The summed E-state index contributed by atoms with van der Waals surface area (Å²) in [6.45, 7) is 7.97. The maximum absolute atomic E-state index is 8.57. The van der Waals surface area contributed by atoms with Gasteiger partial charge < -0.3 is 43.2 Å². The number of hydrogen-bond acceptors (Lipinski definition) is 12. The summed E-state index contributed by atoms with van der Waals surface area (Å²) in [4.78, 5) is 39.4. The molecular formula is C104H97Ir3N9O3-6. The van der Waals surface area contributed by atoms with Crippen LogP contribution in [0.5, 0.6) is 0 Å². The van der Waals surface area contributed by atoms with Crippen molar-refractivity contribution in [1.82, 2.24) is 44.9 Å². The van der Waals surface area contributed by atoms with Gasteiger partial charge in [0.2, 0.25) is 17.1 Å². The van der Waals surface area contributed by atoms with Crippen molar-refractivity contribution in [1.29, 1.82) is 0 Å². The number of hydrogen-bond donors (Lipinski definition) is 0. The quantitative estimate of drug-likeness (QED) is 0.120. The number of furan rings is 3. The Morgan fingerprint density at radius 3 is 1.29 bits per heavy atom. The number of pyridine rings is 9. The van der Waals surface area contributed by atoms with Crippen molar-refractivity contribution >= 4 is 66.2 Å². The van der Waals surface area contributed by atoms with Gasteiger partial charge in [-0.25, -0.2) is 15.0 Å². The number of benzene rings is 6. The molecule has 3 radical (unpaired) electrons. The Morgan fingerprint density at radius 1 is 0.361 bits per heavy atom. The molecule has 119 heavy (non-hydrogen) atoms. The van der Waals surface area contributed by atoms with Crippen molar-refractivity contribution in [2.24, 2.45) is 0 Å². The van der Waals surface area contributed by atoms with E-state index in [4.69, 9.17) is 43.4 Å². The molecule has 12 nitrogen and oxygen atoms in total. The Morgan fingerprint density at radius 2 is 0.840 bits per heavy atom. The number of aryl methyl sites for hydroxylation is 7. The largest absolute Gasteiger partial charge is 0.486 e. The van der Waals surface area contributed by atoms with Crippen LogP contribution in [0.1, 0.15) is 197 Å². The number of rotatable bonds is 10. The second kappa shape index (κ2) is 40.7. The van der Waals surface area contributed by atoms with Crippen molar-refractivity contribution in [3.63, 3.8) is 0 Å². The van der Waals surface area contributed by atoms with Crippen LogP contribution in [0.4, 0.5) is 0 Å². The van der Waals surface area contributed by atoms with Gasteiger partial charge in [0.1, 0.15) is 0 Å². The second-order valence-electron chi connectivity index (χ2n) is 29.0. The first-order chi connectivity index (χ1) is 64.4. The van der Waals surface area contributed by atoms with E-state index in [-0.39, 0.29) is 93.6 Å². The molecule has 12 heterocycles. The van der Waals surface area contributed by atoms with Gasteiger partial charge in [-0.15, -0.1) is 162 Å². The van der Waals surface area contributed by atoms with Crippen molar-refractivity contribution in [3.05, 3.63) is 341 Å². The first kappa shape index (κ1) is 64.0. The Kier molecular flexibility index (Phi) is 21.9. The Hall–Kier alpha value is -11.0. The molecule has 0 spiro atoms. The van der Waals surface area contributed by atoms with Gasteiger partial charge in [0.15, 0.2) is 0 Å². The molecule has 609 valence electrons. The van der Waals surface area contributed by atoms with Gasteiger partial charge in [-0.3, -0.25) is 0 Å². The molecule has 0 bridgehead atoms. The molecule has 2 atom stereocenters. The van der Waals surface area contributed by atoms with E-state index in [1.807, 2.05) is 178 Å². The summed E-state index contributed by atoms with van der Waals surface area (Å²) in [5, 5.41) is 4.39. The van der Waals surface area contributed by atoms with Crippen molar-refractivity contribution in [2.75, 3.05) is 0 Å². The molecule has 6 aromatic carbocycles. The SMILES string of the molecule is [2H]C(C)(C)c1cc(C)nc2oc3c(-c4cc(C([2H])(C)C([2H])([2H])[2H])ccn4)[c-]ccc3c12.[2H]C(C)(C)c1cc(C)nc2oc3c(-c4ccccn4)[c-]ccc3c12.[2H]C([2H])([2H])c1c[c-]c(-c2cc(C([2H])(C)C([2H])([2H])[2H])c(C)cn2)c2oc3nc(C(C)(C)C)ccc3c12.[2H]C([2H])([2H])c1ccc(-c2[c-]cccc2)nc1.[2H]C([2H])([2H])c1ccc(-c2[c-]cccc2)nc1.[2H]C([2H])([2H])c1ccc(-c2[c-]cccc2)nc1.[Ir].[Ir].[Ir]. The summed E-state index contributed by atoms with van der Waals surface area (Å²) < 4.78 is 188. The molecule has 0 aliphatic carbocycles. The van der Waals surface area contributed by atoms with Gasteiger partial charge in [0, 0.05) is 166 Å². The predicted octanol–water partition coefficient (Wildman–Crippen LogP) is 27.1. The third-order valence-electron chi connectivity index (χ3n) is 18.7. The fraction of sp³-hybridized carbons (Fsp3) is 0.221. The number of aromatic nitrogens is 9. The van der Waals surface area contributed by atoms with E-state index in [0.29, 0.717) is 72.7 Å². The normalized spacial score (nSPS) is 15.6. The monoisotopic (exact) mass is 2120 g/mol. The fourth-order valence-electron chi connectivity index (χ4n) is 12.9. The predicted molar refractivity (Wildman–Crippen MR) is 474 cm³/mol. The van der Waals surface area contributed by atoms with Crippen LogP contribution in [-0.2, 0) is 65.7 Å². The molecule has 12 aromatic heterocycles. The Balaban J connectivity index is 0.000000178. The van der Waals surface area contributed by atoms with Gasteiger partial charge in [-0.05, 0) is 174 Å². The number of nitrogens with zero attached hydrogens (tertiary/aromatic N) is 9. The zero-order valence-corrected chi connectivity index (χ0v) is 74.5. The molecule has 0 N–H and O–H groups in total. The second-order valence-corrected chi connectivity index (χ2v) is 29.0. The van der Waals surface area contributed by atoms with Crippen LogP contribution in [0.15, 0.2) is 251 Å². The van der Waals surface area contributed by atoms with Gasteiger partial charge in [-0.1, -0.05) is 182 Å². The summed E-state index contributed by atoms with van der Waals surface area (Å²) in [7, 11) is 0. The average molecular weight is 2120 g/mol. The molecule has 0 saturated heterocycles. The minimum absolute atomic E-state index is 0. The first-order valence-electron chi connectivity index (χ1n) is 48.4. The molecule has 18 rings (SSSR count). The van der Waals surface area contributed by atoms with Crippen LogP contribution in [-0.4, -0.2) is 44.9 Å². The fourth-order valence-corrected chi connectivity index (χ4v) is 12.9. The van der Waals surface area contributed by atoms with Crippen LogP contribution in [0.25, 0.3) is 134 Å². The minimum atomic E-state index is -2.56. The maximum atomic E-state index is 8.57. The Bertz CT molecular complexity index is 7150. The van der Waals surface area contributed by atoms with E-state index < -0.39 is 64.7 Å². The molecule has 0 saturated carbocycles. The molecule has 0 aliphatic heterocycles. The van der Waals surface area contributed by atoms with Gasteiger partial charge in [0.05, 0.1) is 16.7 Å². The van der Waals surface area contributed by atoms with Gasteiger partial charge >= 0.3 is 0 Å². The minimum Gasteiger partial charge on any atom is -0.486 e. The van der Waals surface area contributed by atoms with Crippen LogP contribution < -0.4 is 0 Å². The molecule has 0 fully saturated rings. The van der Waals surface area contributed by atoms with Crippen LogP contribution in [0.2, 0.25) is 0 Å². The molecule has 0 aliphatic rings. The van der Waals surface area contributed by atoms with Gasteiger partial charge in [-0.2, -0.15) is 0 Å². The summed E-state index contributed by atoms with van der Waals surface area (Å²) in [5.41, 5.74) is 16.9. The smallest absolute Gasteiger partial charge is 0.216 e. The van der Waals surface area contributed by atoms with Crippen LogP contribution >= 0.6 is 0 Å². The summed E-state index contributed by atoms with van der Waals surface area (Å²) in [6.07, 6.45) is 8.94. The van der Waals surface area contributed by atoms with Crippen molar-refractivity contribution in [2.45, 2.75) is 153 Å². The third kappa shape index (κ3) is 21.6. The molecule has 0 amide bonds. The topological polar surface area (TPSA) is 155 Å². The Labute approximate surface area is 771 Å². The van der Waals surface area contributed by atoms with E-state index >= 15 is 0 Å². The number of fused-ring (bicyclic) bond motifs is 9. The average Bonchev–Trinajstić information content (AvgIpc) is 1.62. The summed E-state index contributed by atoms with van der Waals surface area (Å²) in [6, 6.07) is 77.6. The van der Waals surface area contributed by atoms with E-state index in [1.165, 1.54) is 50.9 Å². The van der Waals surface area contributed by atoms with Crippen LogP contribution in [0, 0.1) is 84.6 Å². The molecular weight excluding hydrogens is 2000 g/mol. The molecule has 18 aromatic rings. The van der Waals surface area contributed by atoms with E-state index in [0.717, 1.165) is 100 Å². The maximum Gasteiger partial charge on any atom is 0.216 e. The molecule has 15 heteroatoms. The molecule has 2 unspecified atom stereocenters. The standard InChI is InChI=1S/C25H27N2O.C23H23N2O.C20H17N2O.3C12H10N.3Ir/c1-14(2)19-12-20(26-13-16(19)4)17-9-8-15(3)22-18-10-11-21(25(5,6)7)27-24(18)28-23(17)22;1-13(2)16-9-10-24-20(12-16)17-7-6-8-18-21-19(14(3)4)11-15(5)25-23(21)26-22(17)18;1-12(2)16-11-13(3)22-20-18(16)15-8-6-7-14(19(15)23-20)17-9-4-5-10-21-17;3*1-10-7-8-12(13-9-10)11-5-3-2-4-6-11;;;/h8,10-14H,1-7H3;6,8-14H,1-5H3;4-6,8-12H,1-3H3;3*2-5,7-9H,1H3;;;/q6*-1;;;/i1D3,3D3,14D;1D3,13D,14D;12D;3*1D3;;;. The van der Waals surface area contributed by atoms with E-state index in [2.05, 4.69) is 81.3 Å². The zero-order valence-electron chi connectivity index (χ0n) is 89.3. The summed E-state index contributed by atoms with van der Waals surface area (Å²) in [5.74, 6) is -5.25. The third-order valence-corrected chi connectivity index (χ3v) is 18.7. The first-order valence-corrected chi connectivity index (χ1v) is 37.4.